The van der Waals surface area contributed by atoms with E-state index in [2.05, 4.69) is 17.1 Å². The average molecular weight is 445 g/mol. The van der Waals surface area contributed by atoms with Crippen LogP contribution in [0.25, 0.3) is 0 Å². The molecule has 1 amide bonds. The zero-order chi connectivity index (χ0) is 23.5. The van der Waals surface area contributed by atoms with E-state index in [-0.39, 0.29) is 12.5 Å². The molecule has 0 aliphatic heterocycles. The summed E-state index contributed by atoms with van der Waals surface area (Å²) in [5.74, 6) is 2.11. The predicted octanol–water partition coefficient (Wildman–Crippen LogP) is 3.06. The molecule has 0 aliphatic carbocycles. The third kappa shape index (κ3) is 8.40. The van der Waals surface area contributed by atoms with E-state index in [9.17, 15) is 9.90 Å². The summed E-state index contributed by atoms with van der Waals surface area (Å²) < 4.78 is 16.2. The Morgan fingerprint density at radius 2 is 1.84 bits per heavy atom. The lowest BCUT2D eigenvalue weighted by atomic mass is 10.0. The fourth-order valence-corrected chi connectivity index (χ4v) is 3.49. The van der Waals surface area contributed by atoms with E-state index in [1.807, 2.05) is 44.4 Å². The van der Waals surface area contributed by atoms with Crippen LogP contribution in [0.1, 0.15) is 30.6 Å². The Hall–Kier alpha value is -2.77. The number of hydrogen-bond acceptors (Lipinski definition) is 6. The van der Waals surface area contributed by atoms with Crippen LogP contribution in [0.5, 0.6) is 17.2 Å². The molecule has 7 nitrogen and oxygen atoms in total. The Balaban J connectivity index is 1.84. The Morgan fingerprint density at radius 1 is 1.09 bits per heavy atom. The molecule has 0 saturated carbocycles. The molecule has 2 N–H and O–H groups in total. The van der Waals surface area contributed by atoms with E-state index >= 15 is 0 Å². The lowest BCUT2D eigenvalue weighted by Crippen LogP contribution is -2.35. The highest BCUT2D eigenvalue weighted by Gasteiger charge is 2.12. The van der Waals surface area contributed by atoms with Crippen LogP contribution < -0.4 is 19.5 Å². The summed E-state index contributed by atoms with van der Waals surface area (Å²) in [7, 11) is 7.23. The number of carbonyl (C=O) groups is 1. The molecule has 0 aromatic heterocycles. The van der Waals surface area contributed by atoms with E-state index in [0.717, 1.165) is 17.7 Å². The highest BCUT2D eigenvalue weighted by atomic mass is 16.5. The monoisotopic (exact) mass is 444 g/mol. The van der Waals surface area contributed by atoms with Gasteiger partial charge in [-0.25, -0.2) is 0 Å². The molecule has 0 bridgehead atoms. The number of aryl methyl sites for hydroxylation is 1. The first-order valence-electron chi connectivity index (χ1n) is 10.9. The van der Waals surface area contributed by atoms with Crippen LogP contribution >= 0.6 is 0 Å². The van der Waals surface area contributed by atoms with Gasteiger partial charge in [-0.15, -0.1) is 0 Å². The first kappa shape index (κ1) is 25.5. The summed E-state index contributed by atoms with van der Waals surface area (Å²) in [6.45, 7) is 3.55. The van der Waals surface area contributed by atoms with Crippen molar-refractivity contribution in [3.8, 4) is 17.2 Å². The van der Waals surface area contributed by atoms with Crippen LogP contribution in [-0.4, -0.2) is 63.9 Å². The number of nitrogens with one attached hydrogen (secondary N) is 1. The van der Waals surface area contributed by atoms with Gasteiger partial charge in [0.25, 0.3) is 5.91 Å². The molecule has 0 heterocycles. The second-order valence-corrected chi connectivity index (χ2v) is 8.28. The van der Waals surface area contributed by atoms with Crippen molar-refractivity contribution in [2.45, 2.75) is 25.9 Å². The van der Waals surface area contributed by atoms with Crippen LogP contribution in [-0.2, 0) is 11.2 Å². The van der Waals surface area contributed by atoms with Gasteiger partial charge in [0, 0.05) is 13.1 Å². The molecule has 0 saturated heterocycles. The van der Waals surface area contributed by atoms with Crippen molar-refractivity contribution in [2.24, 2.45) is 5.92 Å². The highest BCUT2D eigenvalue weighted by molar-refractivity contribution is 5.77. The number of ether oxygens (including phenoxy) is 3. The first-order valence-corrected chi connectivity index (χ1v) is 10.9. The van der Waals surface area contributed by atoms with Gasteiger partial charge in [0.15, 0.2) is 18.1 Å². The largest absolute Gasteiger partial charge is 0.493 e. The molecule has 176 valence electrons. The smallest absolute Gasteiger partial charge is 0.257 e. The van der Waals surface area contributed by atoms with Crippen LogP contribution in [0.15, 0.2) is 42.5 Å². The molecule has 2 aromatic rings. The summed E-state index contributed by atoms with van der Waals surface area (Å²) in [5, 5.41) is 13.5. The Bertz CT molecular complexity index is 856. The molecular weight excluding hydrogens is 408 g/mol. The predicted molar refractivity (Wildman–Crippen MR) is 125 cm³/mol. The van der Waals surface area contributed by atoms with Crippen molar-refractivity contribution >= 4 is 5.91 Å². The molecule has 0 aliphatic rings. The van der Waals surface area contributed by atoms with Gasteiger partial charge in [-0.3, -0.25) is 4.79 Å². The number of aliphatic hydroxyl groups excluding tert-OH is 1. The maximum atomic E-state index is 12.1. The molecule has 32 heavy (non-hydrogen) atoms. The summed E-state index contributed by atoms with van der Waals surface area (Å²) in [4.78, 5) is 14.2. The second-order valence-electron chi connectivity index (χ2n) is 8.28. The number of amides is 1. The lowest BCUT2D eigenvalue weighted by Gasteiger charge is -2.17. The molecular formula is C25H36N2O5. The van der Waals surface area contributed by atoms with Gasteiger partial charge >= 0.3 is 0 Å². The first-order chi connectivity index (χ1) is 15.3. The minimum atomic E-state index is -0.646. The molecule has 0 spiro atoms. The Labute approximate surface area is 191 Å². The van der Waals surface area contributed by atoms with Gasteiger partial charge in [-0.1, -0.05) is 25.1 Å². The van der Waals surface area contributed by atoms with Crippen molar-refractivity contribution in [3.63, 3.8) is 0 Å². The highest BCUT2D eigenvalue weighted by Crippen LogP contribution is 2.29. The van der Waals surface area contributed by atoms with Crippen molar-refractivity contribution in [1.82, 2.24) is 10.2 Å². The van der Waals surface area contributed by atoms with E-state index in [1.165, 1.54) is 0 Å². The van der Waals surface area contributed by atoms with Crippen LogP contribution in [0.2, 0.25) is 0 Å². The van der Waals surface area contributed by atoms with E-state index in [0.29, 0.717) is 42.6 Å². The van der Waals surface area contributed by atoms with Crippen LogP contribution in [0.3, 0.4) is 0 Å². The van der Waals surface area contributed by atoms with Gasteiger partial charge in [0.05, 0.1) is 20.3 Å². The van der Waals surface area contributed by atoms with Gasteiger partial charge in [-0.2, -0.15) is 0 Å². The average Bonchev–Trinajstić information content (AvgIpc) is 2.79. The number of rotatable bonds is 13. The number of benzene rings is 2. The normalized spacial score (nSPS) is 12.8. The third-order valence-corrected chi connectivity index (χ3v) is 5.09. The Morgan fingerprint density at radius 3 is 2.53 bits per heavy atom. The fraction of sp³-hybridized carbons (Fsp3) is 0.480. The standard InChI is InChI=1S/C25H36N2O5/c1-18(16-27(2)3)15-26-25(29)17-32-21-8-6-7-20(14-21)22(28)11-9-19-10-12-23(30-4)24(13-19)31-5/h6-8,10,12-14,18,22,28H,9,11,15-17H2,1-5H3,(H,26,29)/t18?,22-/m1/s1. The number of hydrogen-bond donors (Lipinski definition) is 2. The minimum absolute atomic E-state index is 0.0557. The van der Waals surface area contributed by atoms with Gasteiger partial charge < -0.3 is 29.5 Å². The lowest BCUT2D eigenvalue weighted by molar-refractivity contribution is -0.123. The molecule has 0 radical (unpaired) electrons. The fourth-order valence-electron chi connectivity index (χ4n) is 3.49. The minimum Gasteiger partial charge on any atom is -0.493 e. The summed E-state index contributed by atoms with van der Waals surface area (Å²) >= 11 is 0. The van der Waals surface area contributed by atoms with Gasteiger partial charge in [-0.05, 0) is 68.2 Å². The van der Waals surface area contributed by atoms with Crippen molar-refractivity contribution in [1.29, 1.82) is 0 Å². The number of methoxy groups -OCH3 is 2. The van der Waals surface area contributed by atoms with E-state index < -0.39 is 6.10 Å². The Kier molecular flexibility index (Phi) is 10.3. The van der Waals surface area contributed by atoms with E-state index in [1.54, 1.807) is 26.4 Å². The third-order valence-electron chi connectivity index (χ3n) is 5.09. The summed E-state index contributed by atoms with van der Waals surface area (Å²) in [5.41, 5.74) is 1.80. The molecule has 7 heteroatoms. The van der Waals surface area contributed by atoms with Crippen LogP contribution in [0, 0.1) is 5.92 Å². The quantitative estimate of drug-likeness (QED) is 0.494. The molecule has 0 fully saturated rings. The van der Waals surface area contributed by atoms with Crippen molar-refractivity contribution < 1.29 is 24.1 Å². The SMILES string of the molecule is COc1ccc(CC[C@@H](O)c2cccc(OCC(=O)NCC(C)CN(C)C)c2)cc1OC. The summed E-state index contributed by atoms with van der Waals surface area (Å²) in [6.07, 6.45) is 0.580. The molecule has 2 atom stereocenters. The van der Waals surface area contributed by atoms with E-state index in [4.69, 9.17) is 14.2 Å². The second kappa shape index (κ2) is 12.9. The molecule has 2 aromatic carbocycles. The zero-order valence-corrected chi connectivity index (χ0v) is 19.8. The molecule has 1 unspecified atom stereocenters. The van der Waals surface area contributed by atoms with Crippen molar-refractivity contribution in [2.75, 3.05) is 48.0 Å². The van der Waals surface area contributed by atoms with Gasteiger partial charge in [0.1, 0.15) is 5.75 Å². The zero-order valence-electron chi connectivity index (χ0n) is 19.8. The maximum absolute atomic E-state index is 12.1. The maximum Gasteiger partial charge on any atom is 0.257 e. The van der Waals surface area contributed by atoms with Crippen LogP contribution in [0.4, 0.5) is 0 Å². The summed E-state index contributed by atoms with van der Waals surface area (Å²) in [6, 6.07) is 13.0. The van der Waals surface area contributed by atoms with Gasteiger partial charge in [0.2, 0.25) is 0 Å². The molecule has 2 rings (SSSR count). The topological polar surface area (TPSA) is 80.3 Å². The number of nitrogens with zero attached hydrogens (tertiary/aromatic N) is 1. The number of aliphatic hydroxyl groups is 1. The number of carbonyl (C=O) groups excluding carboxylic acids is 1. The van der Waals surface area contributed by atoms with Crippen molar-refractivity contribution in [3.05, 3.63) is 53.6 Å².